The summed E-state index contributed by atoms with van der Waals surface area (Å²) < 4.78 is 11.6. The topological polar surface area (TPSA) is 166 Å². The van der Waals surface area contributed by atoms with Crippen molar-refractivity contribution in [1.29, 1.82) is 0 Å². The smallest absolute Gasteiger partial charge is 0.310 e. The molecule has 0 unspecified atom stereocenters. The minimum Gasteiger partial charge on any atom is -0.464 e. The van der Waals surface area contributed by atoms with Gasteiger partial charge >= 0.3 is 17.9 Å². The molecule has 12 nitrogen and oxygen atoms in total. The summed E-state index contributed by atoms with van der Waals surface area (Å²) in [6.07, 6.45) is -1.03. The highest BCUT2D eigenvalue weighted by Crippen LogP contribution is 2.34. The van der Waals surface area contributed by atoms with Gasteiger partial charge in [-0.1, -0.05) is 0 Å². The van der Waals surface area contributed by atoms with Gasteiger partial charge in [0, 0.05) is 0 Å². The summed E-state index contributed by atoms with van der Waals surface area (Å²) in [6, 6.07) is 0. The molecular formula is C18H20Br9N3O9. The molecule has 224 valence electrons. The lowest BCUT2D eigenvalue weighted by molar-refractivity contribution is -0.159. The van der Waals surface area contributed by atoms with Crippen molar-refractivity contribution in [2.75, 3.05) is 39.5 Å². The van der Waals surface area contributed by atoms with Gasteiger partial charge in [0.15, 0.2) is 0 Å². The molecular weight excluding hydrogens is 1120 g/mol. The maximum Gasteiger partial charge on any atom is 0.310 e. The van der Waals surface area contributed by atoms with Gasteiger partial charge in [-0.2, -0.15) is 0 Å². The second kappa shape index (κ2) is 19.4. The molecule has 0 aliphatic heterocycles. The number of alkyl halides is 9. The van der Waals surface area contributed by atoms with E-state index in [0.717, 1.165) is 0 Å². The fraction of sp³-hybridized carbons (Fsp3) is 0.667. The molecule has 0 radical (unpaired) electrons. The number of nitrogens with one attached hydrogen (secondary N) is 3. The molecule has 0 aromatic carbocycles. The Hall–Kier alpha value is 1.14. The number of rotatable bonds is 14. The van der Waals surface area contributed by atoms with Crippen molar-refractivity contribution >= 4 is 179 Å². The molecule has 0 aliphatic carbocycles. The Labute approximate surface area is 299 Å². The molecule has 0 atom stereocenters. The van der Waals surface area contributed by atoms with Crippen LogP contribution in [-0.4, -0.2) is 81.5 Å². The van der Waals surface area contributed by atoms with Crippen LogP contribution in [0.4, 0.5) is 0 Å². The predicted molar refractivity (Wildman–Crippen MR) is 173 cm³/mol. The monoisotopic (exact) mass is 1130 g/mol. The van der Waals surface area contributed by atoms with Crippen LogP contribution in [0.3, 0.4) is 0 Å². The average Bonchev–Trinajstić information content (AvgIpc) is 2.79. The number of ether oxygens (including phenoxy) is 3. The Morgan fingerprint density at radius 1 is 0.513 bits per heavy atom. The average molecular weight is 1140 g/mol. The number of esters is 3. The lowest BCUT2D eigenvalue weighted by Gasteiger charge is -2.17. The molecule has 0 aliphatic rings. The molecule has 0 saturated heterocycles. The molecule has 0 fully saturated rings. The van der Waals surface area contributed by atoms with Gasteiger partial charge in [-0.05, 0) is 143 Å². The standard InChI is InChI=1S/C18H20Br9N3O9/c19-16(20,21)13(34)28-1-4-37-10(31)7-9(12(33)39-6-3-30-15(36)18(25,26)27)8-11(32)38-5-2-29-14(35)17(22,23)24/h9H,1-8H2,(H,28,34)(H,29,35)(H,30,36). The van der Waals surface area contributed by atoms with E-state index in [1.54, 1.807) is 0 Å². The first kappa shape index (κ1) is 40.1. The Bertz CT molecular complexity index is 842. The van der Waals surface area contributed by atoms with E-state index in [2.05, 4.69) is 159 Å². The zero-order valence-electron chi connectivity index (χ0n) is 19.3. The number of carbonyl (C=O) groups excluding carboxylic acids is 6. The summed E-state index contributed by atoms with van der Waals surface area (Å²) in [5.74, 6) is -5.24. The summed E-state index contributed by atoms with van der Waals surface area (Å²) in [7, 11) is 0. The quantitative estimate of drug-likeness (QED) is 0.101. The normalized spacial score (nSPS) is 11.8. The second-order valence-corrected chi connectivity index (χ2v) is 27.3. The summed E-state index contributed by atoms with van der Waals surface area (Å²) in [5, 5.41) is 7.44. The first-order valence-electron chi connectivity index (χ1n) is 10.3. The van der Waals surface area contributed by atoms with Crippen LogP contribution in [0.15, 0.2) is 0 Å². The number of hydrogen-bond acceptors (Lipinski definition) is 9. The summed E-state index contributed by atoms with van der Waals surface area (Å²) in [4.78, 5) is 72.4. The second-order valence-electron chi connectivity index (χ2n) is 6.97. The molecule has 0 aromatic heterocycles. The lowest BCUT2D eigenvalue weighted by atomic mass is 10.0. The van der Waals surface area contributed by atoms with Gasteiger partial charge in [-0.15, -0.1) is 0 Å². The largest absolute Gasteiger partial charge is 0.464 e. The van der Waals surface area contributed by atoms with Gasteiger partial charge in [-0.3, -0.25) is 28.8 Å². The van der Waals surface area contributed by atoms with Gasteiger partial charge in [0.05, 0.1) is 38.4 Å². The summed E-state index contributed by atoms with van der Waals surface area (Å²) in [6.45, 7) is -0.737. The minimum atomic E-state index is -1.26. The maximum absolute atomic E-state index is 12.6. The minimum absolute atomic E-state index is 0.0214. The molecule has 3 amide bonds. The van der Waals surface area contributed by atoms with E-state index in [0.29, 0.717) is 0 Å². The van der Waals surface area contributed by atoms with Crippen molar-refractivity contribution in [1.82, 2.24) is 16.0 Å². The highest BCUT2D eigenvalue weighted by Gasteiger charge is 2.31. The van der Waals surface area contributed by atoms with Crippen molar-refractivity contribution in [3.8, 4) is 0 Å². The Kier molecular flexibility index (Phi) is 20.0. The van der Waals surface area contributed by atoms with Crippen molar-refractivity contribution < 1.29 is 43.0 Å². The van der Waals surface area contributed by atoms with E-state index < -0.39 is 60.8 Å². The third-order valence-corrected chi connectivity index (χ3v) is 7.11. The zero-order chi connectivity index (χ0) is 30.4. The first-order valence-corrected chi connectivity index (χ1v) is 17.4. The van der Waals surface area contributed by atoms with Gasteiger partial charge in [0.25, 0.3) is 17.7 Å². The van der Waals surface area contributed by atoms with Gasteiger partial charge < -0.3 is 30.2 Å². The van der Waals surface area contributed by atoms with Crippen molar-refractivity contribution in [3.63, 3.8) is 0 Å². The van der Waals surface area contributed by atoms with Gasteiger partial charge in [0.1, 0.15) is 19.8 Å². The maximum atomic E-state index is 12.6. The van der Waals surface area contributed by atoms with Crippen LogP contribution in [0.5, 0.6) is 0 Å². The first-order chi connectivity index (χ1) is 17.7. The van der Waals surface area contributed by atoms with E-state index in [9.17, 15) is 28.8 Å². The number of hydrogen-bond donors (Lipinski definition) is 3. The fourth-order valence-corrected chi connectivity index (χ4v) is 3.41. The van der Waals surface area contributed by atoms with Gasteiger partial charge in [-0.25, -0.2) is 0 Å². The van der Waals surface area contributed by atoms with Crippen molar-refractivity contribution in [3.05, 3.63) is 0 Å². The highest BCUT2D eigenvalue weighted by molar-refractivity contribution is 9.40. The van der Waals surface area contributed by atoms with Crippen molar-refractivity contribution in [2.45, 2.75) is 19.3 Å². The molecule has 0 rings (SSSR count). The zero-order valence-corrected chi connectivity index (χ0v) is 33.6. The third-order valence-electron chi connectivity index (χ3n) is 3.87. The van der Waals surface area contributed by atoms with E-state index in [4.69, 9.17) is 14.2 Å². The Morgan fingerprint density at radius 3 is 1.08 bits per heavy atom. The number of amides is 3. The molecule has 0 spiro atoms. The lowest BCUT2D eigenvalue weighted by Crippen LogP contribution is -2.37. The molecule has 0 heterocycles. The summed E-state index contributed by atoms with van der Waals surface area (Å²) in [5.41, 5.74) is 0. The highest BCUT2D eigenvalue weighted by atomic mass is 80.0. The van der Waals surface area contributed by atoms with E-state index >= 15 is 0 Å². The van der Waals surface area contributed by atoms with E-state index in [1.807, 2.05) is 0 Å². The molecule has 39 heavy (non-hydrogen) atoms. The molecule has 0 bridgehead atoms. The van der Waals surface area contributed by atoms with Crippen LogP contribution in [0.2, 0.25) is 0 Å². The fourth-order valence-electron chi connectivity index (χ4n) is 2.15. The predicted octanol–water partition coefficient (Wildman–Crippen LogP) is 3.88. The van der Waals surface area contributed by atoms with E-state index in [1.165, 1.54) is 0 Å². The van der Waals surface area contributed by atoms with Crippen LogP contribution in [-0.2, 0) is 43.0 Å². The van der Waals surface area contributed by atoms with Gasteiger partial charge in [0.2, 0.25) is 6.43 Å². The van der Waals surface area contributed by atoms with Crippen LogP contribution < -0.4 is 16.0 Å². The number of carbonyl (C=O) groups is 6. The molecule has 3 N–H and O–H groups in total. The Morgan fingerprint density at radius 2 is 0.795 bits per heavy atom. The van der Waals surface area contributed by atoms with Crippen molar-refractivity contribution in [2.24, 2.45) is 5.92 Å². The molecule has 0 aromatic rings. The van der Waals surface area contributed by atoms with Crippen LogP contribution in [0.25, 0.3) is 0 Å². The van der Waals surface area contributed by atoms with E-state index in [-0.39, 0.29) is 39.5 Å². The van der Waals surface area contributed by atoms with Crippen LogP contribution in [0.1, 0.15) is 12.8 Å². The van der Waals surface area contributed by atoms with Crippen LogP contribution >= 0.6 is 143 Å². The SMILES string of the molecule is O=C(CC(CC(=O)OCCNC(=O)C(Br)(Br)Br)C(=O)OCCNC(=O)C(Br)(Br)Br)OCCNC(=O)C(Br)(Br)Br. The molecule has 21 heteroatoms. The van der Waals surface area contributed by atoms with Crippen LogP contribution in [0, 0.1) is 5.92 Å². The Balaban J connectivity index is 4.90. The molecule has 0 saturated carbocycles. The third kappa shape index (κ3) is 19.9. The number of halogens is 9. The summed E-state index contributed by atoms with van der Waals surface area (Å²) >= 11 is 27.4.